The molecular formula is C16H23ClN2O2. The molecule has 1 aromatic rings. The average molecular weight is 311 g/mol. The van der Waals surface area contributed by atoms with Crippen molar-refractivity contribution in [3.05, 3.63) is 28.5 Å². The number of nitrogens with zero attached hydrogens (tertiary/aromatic N) is 1. The Bertz CT molecular complexity index is 521. The maximum atomic E-state index is 12.2. The summed E-state index contributed by atoms with van der Waals surface area (Å²) in [5, 5.41) is 13.7. The molecule has 1 aliphatic rings. The zero-order valence-corrected chi connectivity index (χ0v) is 13.4. The molecule has 1 aromatic heterocycles. The van der Waals surface area contributed by atoms with Crippen molar-refractivity contribution < 1.29 is 9.90 Å². The first-order valence-corrected chi connectivity index (χ1v) is 7.97. The molecule has 1 aliphatic carbocycles. The number of carbonyl (C=O) groups is 1. The van der Waals surface area contributed by atoms with Gasteiger partial charge in [-0.3, -0.25) is 4.79 Å². The number of amides is 1. The number of aliphatic hydroxyl groups is 1. The first kappa shape index (κ1) is 16.2. The van der Waals surface area contributed by atoms with Gasteiger partial charge >= 0.3 is 0 Å². The standard InChI is InChI=1S/C16H23ClN2O2/c1-3-13-7-12(8-14(17)19-13)15(20)18-10-16(21)6-4-5-11(2)9-16/h7-8,11,21H,3-6,9-10H2,1-2H3,(H,18,20). The Morgan fingerprint density at radius 2 is 2.33 bits per heavy atom. The largest absolute Gasteiger partial charge is 0.388 e. The van der Waals surface area contributed by atoms with Crippen LogP contribution in [0.15, 0.2) is 12.1 Å². The molecule has 0 spiro atoms. The molecule has 0 aliphatic heterocycles. The van der Waals surface area contributed by atoms with Crippen LogP contribution in [0.3, 0.4) is 0 Å². The van der Waals surface area contributed by atoms with Crippen LogP contribution in [0.5, 0.6) is 0 Å². The highest BCUT2D eigenvalue weighted by Gasteiger charge is 2.32. The number of halogens is 1. The number of aryl methyl sites for hydroxylation is 1. The fraction of sp³-hybridized carbons (Fsp3) is 0.625. The van der Waals surface area contributed by atoms with Crippen LogP contribution < -0.4 is 5.32 Å². The molecule has 5 heteroatoms. The molecule has 1 saturated carbocycles. The Morgan fingerprint density at radius 3 is 3.00 bits per heavy atom. The van der Waals surface area contributed by atoms with E-state index in [1.165, 1.54) is 0 Å². The second-order valence-corrected chi connectivity index (χ2v) is 6.52. The van der Waals surface area contributed by atoms with Crippen molar-refractivity contribution in [2.45, 2.75) is 51.6 Å². The van der Waals surface area contributed by atoms with E-state index in [0.29, 0.717) is 16.6 Å². The zero-order chi connectivity index (χ0) is 15.5. The Labute approximate surface area is 130 Å². The number of hydrogen-bond donors (Lipinski definition) is 2. The second kappa shape index (κ2) is 6.75. The molecule has 2 atom stereocenters. The molecule has 0 aromatic carbocycles. The van der Waals surface area contributed by atoms with Gasteiger partial charge in [0.25, 0.3) is 5.91 Å². The van der Waals surface area contributed by atoms with Gasteiger partial charge in [-0.15, -0.1) is 0 Å². The highest BCUT2D eigenvalue weighted by Crippen LogP contribution is 2.31. The lowest BCUT2D eigenvalue weighted by molar-refractivity contribution is -0.0109. The molecule has 1 fully saturated rings. The van der Waals surface area contributed by atoms with Crippen LogP contribution >= 0.6 is 11.6 Å². The molecule has 1 amide bonds. The Morgan fingerprint density at radius 1 is 1.57 bits per heavy atom. The summed E-state index contributed by atoms with van der Waals surface area (Å²) in [6.07, 6.45) is 4.37. The van der Waals surface area contributed by atoms with E-state index in [0.717, 1.165) is 37.8 Å². The normalized spacial score (nSPS) is 25.6. The molecule has 116 valence electrons. The monoisotopic (exact) mass is 310 g/mol. The number of hydrogen-bond acceptors (Lipinski definition) is 3. The van der Waals surface area contributed by atoms with E-state index in [9.17, 15) is 9.90 Å². The van der Waals surface area contributed by atoms with Crippen molar-refractivity contribution in [3.63, 3.8) is 0 Å². The minimum atomic E-state index is -0.780. The molecule has 21 heavy (non-hydrogen) atoms. The summed E-state index contributed by atoms with van der Waals surface area (Å²) < 4.78 is 0. The second-order valence-electron chi connectivity index (χ2n) is 6.13. The number of nitrogens with one attached hydrogen (secondary N) is 1. The predicted molar refractivity (Wildman–Crippen MR) is 83.5 cm³/mol. The van der Waals surface area contributed by atoms with Gasteiger partial charge in [0.05, 0.1) is 5.60 Å². The maximum Gasteiger partial charge on any atom is 0.251 e. The number of aromatic nitrogens is 1. The highest BCUT2D eigenvalue weighted by molar-refractivity contribution is 6.29. The fourth-order valence-corrected chi connectivity index (χ4v) is 3.23. The topological polar surface area (TPSA) is 62.2 Å². The maximum absolute atomic E-state index is 12.2. The third-order valence-corrected chi connectivity index (χ3v) is 4.31. The lowest BCUT2D eigenvalue weighted by Gasteiger charge is -2.35. The van der Waals surface area contributed by atoms with Crippen molar-refractivity contribution in [1.82, 2.24) is 10.3 Å². The van der Waals surface area contributed by atoms with E-state index < -0.39 is 5.60 Å². The van der Waals surface area contributed by atoms with Gasteiger partial charge in [-0.25, -0.2) is 4.98 Å². The van der Waals surface area contributed by atoms with Crippen LogP contribution in [0.25, 0.3) is 0 Å². The number of rotatable bonds is 4. The lowest BCUT2D eigenvalue weighted by Crippen LogP contribution is -2.45. The minimum Gasteiger partial charge on any atom is -0.388 e. The molecule has 0 saturated heterocycles. The molecule has 0 bridgehead atoms. The van der Waals surface area contributed by atoms with E-state index in [1.54, 1.807) is 12.1 Å². The van der Waals surface area contributed by atoms with Crippen molar-refractivity contribution in [2.24, 2.45) is 5.92 Å². The molecule has 2 unspecified atom stereocenters. The van der Waals surface area contributed by atoms with Crippen LogP contribution in [-0.2, 0) is 6.42 Å². The number of pyridine rings is 1. The lowest BCUT2D eigenvalue weighted by atomic mass is 9.79. The number of carbonyl (C=O) groups excluding carboxylic acids is 1. The Kier molecular flexibility index (Phi) is 5.22. The van der Waals surface area contributed by atoms with E-state index in [2.05, 4.69) is 17.2 Å². The van der Waals surface area contributed by atoms with Crippen molar-refractivity contribution in [2.75, 3.05) is 6.54 Å². The van der Waals surface area contributed by atoms with Gasteiger partial charge in [0.2, 0.25) is 0 Å². The Balaban J connectivity index is 2.00. The quantitative estimate of drug-likeness (QED) is 0.840. The van der Waals surface area contributed by atoms with E-state index >= 15 is 0 Å². The van der Waals surface area contributed by atoms with Gasteiger partial charge in [-0.1, -0.05) is 38.3 Å². The van der Waals surface area contributed by atoms with Gasteiger partial charge in [0.1, 0.15) is 5.15 Å². The van der Waals surface area contributed by atoms with Crippen LogP contribution in [0.2, 0.25) is 5.15 Å². The average Bonchev–Trinajstić information content (AvgIpc) is 2.44. The molecular weight excluding hydrogens is 288 g/mol. The van der Waals surface area contributed by atoms with Gasteiger partial charge in [0.15, 0.2) is 0 Å². The summed E-state index contributed by atoms with van der Waals surface area (Å²) in [7, 11) is 0. The zero-order valence-electron chi connectivity index (χ0n) is 12.7. The molecule has 2 N–H and O–H groups in total. The van der Waals surface area contributed by atoms with Crippen molar-refractivity contribution in [1.29, 1.82) is 0 Å². The first-order chi connectivity index (χ1) is 9.92. The molecule has 4 nitrogen and oxygen atoms in total. The van der Waals surface area contributed by atoms with Crippen molar-refractivity contribution >= 4 is 17.5 Å². The molecule has 2 rings (SSSR count). The smallest absolute Gasteiger partial charge is 0.251 e. The SMILES string of the molecule is CCc1cc(C(=O)NCC2(O)CCCC(C)C2)cc(Cl)n1. The summed E-state index contributed by atoms with van der Waals surface area (Å²) in [5.41, 5.74) is 0.509. The summed E-state index contributed by atoms with van der Waals surface area (Å²) in [4.78, 5) is 16.4. The Hall–Kier alpha value is -1.13. The summed E-state index contributed by atoms with van der Waals surface area (Å²) in [6.45, 7) is 4.40. The summed E-state index contributed by atoms with van der Waals surface area (Å²) in [5.74, 6) is 0.295. The minimum absolute atomic E-state index is 0.208. The van der Waals surface area contributed by atoms with E-state index in [1.807, 2.05) is 6.92 Å². The fourth-order valence-electron chi connectivity index (χ4n) is 3.00. The van der Waals surface area contributed by atoms with Crippen LogP contribution in [-0.4, -0.2) is 28.1 Å². The van der Waals surface area contributed by atoms with Crippen LogP contribution in [0.4, 0.5) is 0 Å². The predicted octanol–water partition coefficient (Wildman–Crippen LogP) is 2.97. The van der Waals surface area contributed by atoms with Gasteiger partial charge in [-0.2, -0.15) is 0 Å². The van der Waals surface area contributed by atoms with Crippen LogP contribution in [0, 0.1) is 5.92 Å². The molecule has 1 heterocycles. The van der Waals surface area contributed by atoms with Gasteiger partial charge in [-0.05, 0) is 37.3 Å². The van der Waals surface area contributed by atoms with Crippen LogP contribution in [0.1, 0.15) is 55.6 Å². The first-order valence-electron chi connectivity index (χ1n) is 7.59. The third-order valence-electron chi connectivity index (χ3n) is 4.12. The van der Waals surface area contributed by atoms with Crippen molar-refractivity contribution in [3.8, 4) is 0 Å². The summed E-state index contributed by atoms with van der Waals surface area (Å²) >= 11 is 5.93. The third kappa shape index (κ3) is 4.42. The molecule has 0 radical (unpaired) electrons. The van der Waals surface area contributed by atoms with E-state index in [-0.39, 0.29) is 12.5 Å². The van der Waals surface area contributed by atoms with Gasteiger partial charge < -0.3 is 10.4 Å². The highest BCUT2D eigenvalue weighted by atomic mass is 35.5. The van der Waals surface area contributed by atoms with Gasteiger partial charge in [0, 0.05) is 17.8 Å². The van der Waals surface area contributed by atoms with E-state index in [4.69, 9.17) is 11.6 Å². The summed E-state index contributed by atoms with van der Waals surface area (Å²) in [6, 6.07) is 3.30.